The van der Waals surface area contributed by atoms with Crippen LogP contribution in [0, 0.1) is 5.92 Å². The van der Waals surface area contributed by atoms with Crippen molar-refractivity contribution in [2.75, 3.05) is 20.1 Å². The molecule has 2 aliphatic rings. The molecule has 2 bridgehead atoms. The molecule has 3 rings (SSSR count). The molecule has 0 radical (unpaired) electrons. The molecule has 2 aliphatic heterocycles. The highest BCUT2D eigenvalue weighted by Crippen LogP contribution is 2.46. The Morgan fingerprint density at radius 3 is 2.94 bits per heavy atom. The van der Waals surface area contributed by atoms with Gasteiger partial charge in [-0.15, -0.1) is 4.65 Å². The molecule has 1 fully saturated rings. The third kappa shape index (κ3) is 1.65. The van der Waals surface area contributed by atoms with Crippen molar-refractivity contribution in [2.45, 2.75) is 12.8 Å². The van der Waals surface area contributed by atoms with Gasteiger partial charge in [-0.25, -0.2) is 0 Å². The molecule has 90 valence electrons. The van der Waals surface area contributed by atoms with Crippen molar-refractivity contribution >= 4 is 17.4 Å². The first-order chi connectivity index (χ1) is 7.98. The summed E-state index contributed by atoms with van der Waals surface area (Å²) in [4.78, 5) is 17.7. The van der Waals surface area contributed by atoms with E-state index in [0.717, 1.165) is 24.4 Å². The molecule has 3 unspecified atom stereocenters. The Bertz CT molecular complexity index is 502. The summed E-state index contributed by atoms with van der Waals surface area (Å²) >= 11 is 6.03. The van der Waals surface area contributed by atoms with E-state index in [1.54, 1.807) is 6.92 Å². The number of halogens is 1. The smallest absolute Gasteiger partial charge is 0.194 e. The number of fused-ring (bicyclic) bond motifs is 4. The fourth-order valence-electron chi connectivity index (χ4n) is 3.09. The minimum Gasteiger partial charge on any atom is -0.315 e. The normalized spacial score (nSPS) is 34.1. The summed E-state index contributed by atoms with van der Waals surface area (Å²) in [5.41, 5.74) is 1.09. The number of carbonyl (C=O) groups excluding carboxylic acids is 1. The minimum absolute atomic E-state index is 0.0553. The van der Waals surface area contributed by atoms with Crippen molar-refractivity contribution in [1.29, 1.82) is 0 Å². The zero-order chi connectivity index (χ0) is 12.2. The topological polar surface area (TPSA) is 26.3 Å². The van der Waals surface area contributed by atoms with E-state index < -0.39 is 0 Å². The number of quaternary nitrogens is 1. The van der Waals surface area contributed by atoms with Crippen LogP contribution >= 0.6 is 11.6 Å². The first kappa shape index (κ1) is 11.1. The lowest BCUT2D eigenvalue weighted by atomic mass is 9.86. The monoisotopic (exact) mass is 252 g/mol. The van der Waals surface area contributed by atoms with Gasteiger partial charge in [0.05, 0.1) is 11.8 Å². The van der Waals surface area contributed by atoms with Gasteiger partial charge < -0.3 is 4.84 Å². The van der Waals surface area contributed by atoms with Gasteiger partial charge in [-0.3, -0.25) is 4.79 Å². The van der Waals surface area contributed by atoms with E-state index in [-0.39, 0.29) is 17.6 Å². The summed E-state index contributed by atoms with van der Waals surface area (Å²) in [5.74, 6) is 1.42. The lowest BCUT2D eigenvalue weighted by Crippen LogP contribution is -2.47. The van der Waals surface area contributed by atoms with Gasteiger partial charge >= 0.3 is 0 Å². The van der Waals surface area contributed by atoms with Crippen LogP contribution < -0.4 is 4.84 Å². The number of likely N-dealkylation sites (N-methyl/N-ethyl adjacent to an activating group) is 1. The Hall–Kier alpha value is -1.06. The number of ketones is 1. The molecule has 3 atom stereocenters. The summed E-state index contributed by atoms with van der Waals surface area (Å²) < 4.78 is 0.504. The van der Waals surface area contributed by atoms with Gasteiger partial charge in [0.1, 0.15) is 25.9 Å². The maximum absolute atomic E-state index is 11.7. The number of hydrogen-bond acceptors (Lipinski definition) is 2. The van der Waals surface area contributed by atoms with Gasteiger partial charge in [0.15, 0.2) is 5.75 Å². The maximum atomic E-state index is 11.7. The third-order valence-corrected chi connectivity index (χ3v) is 4.10. The van der Waals surface area contributed by atoms with Gasteiger partial charge in [0.2, 0.25) is 0 Å². The van der Waals surface area contributed by atoms with E-state index in [2.05, 4.69) is 0 Å². The molecule has 0 N–H and O–H groups in total. The Kier molecular flexibility index (Phi) is 2.25. The number of hydroxylamine groups is 3. The van der Waals surface area contributed by atoms with E-state index in [9.17, 15) is 4.79 Å². The Morgan fingerprint density at radius 1 is 1.47 bits per heavy atom. The molecule has 1 aromatic rings. The summed E-state index contributed by atoms with van der Waals surface area (Å²) in [7, 11) is 2.04. The van der Waals surface area contributed by atoms with Gasteiger partial charge in [0.25, 0.3) is 0 Å². The van der Waals surface area contributed by atoms with E-state index in [0.29, 0.717) is 9.67 Å². The second-order valence-corrected chi connectivity index (χ2v) is 5.70. The number of carbonyl (C=O) groups is 1. The summed E-state index contributed by atoms with van der Waals surface area (Å²) in [6, 6.07) is 5.68. The zero-order valence-corrected chi connectivity index (χ0v) is 10.7. The molecule has 0 aliphatic carbocycles. The molecule has 17 heavy (non-hydrogen) atoms. The van der Waals surface area contributed by atoms with Crippen LogP contribution in [0.4, 0.5) is 0 Å². The quantitative estimate of drug-likeness (QED) is 0.718. The predicted molar refractivity (Wildman–Crippen MR) is 64.9 cm³/mol. The maximum Gasteiger partial charge on any atom is 0.194 e. The van der Waals surface area contributed by atoms with Crippen molar-refractivity contribution in [2.24, 2.45) is 5.92 Å². The molecule has 1 aromatic carbocycles. The van der Waals surface area contributed by atoms with Crippen LogP contribution in [0.2, 0.25) is 5.02 Å². The zero-order valence-electron chi connectivity index (χ0n) is 9.94. The van der Waals surface area contributed by atoms with Crippen LogP contribution in [0.15, 0.2) is 18.2 Å². The molecule has 1 saturated heterocycles. The molecule has 0 aromatic heterocycles. The highest BCUT2D eigenvalue weighted by molar-refractivity contribution is 6.30. The minimum atomic E-state index is 0.0553. The van der Waals surface area contributed by atoms with Gasteiger partial charge in [0, 0.05) is 10.6 Å². The van der Waals surface area contributed by atoms with Crippen LogP contribution in [0.5, 0.6) is 5.75 Å². The summed E-state index contributed by atoms with van der Waals surface area (Å²) in [6.45, 7) is 3.28. The van der Waals surface area contributed by atoms with Gasteiger partial charge in [-0.1, -0.05) is 11.6 Å². The van der Waals surface area contributed by atoms with E-state index in [1.807, 2.05) is 25.2 Å². The van der Waals surface area contributed by atoms with Crippen LogP contribution in [0.25, 0.3) is 0 Å². The molecule has 4 heteroatoms. The fraction of sp³-hybridized carbons (Fsp3) is 0.462. The van der Waals surface area contributed by atoms with Crippen molar-refractivity contribution in [3.8, 4) is 5.75 Å². The van der Waals surface area contributed by atoms with E-state index >= 15 is 0 Å². The molecular formula is C13H15ClNO2+. The second-order valence-electron chi connectivity index (χ2n) is 5.26. The van der Waals surface area contributed by atoms with E-state index in [4.69, 9.17) is 16.4 Å². The number of hydrogen-bond donors (Lipinski definition) is 0. The Morgan fingerprint density at radius 2 is 2.24 bits per heavy atom. The Labute approximate surface area is 105 Å². The molecule has 0 amide bonds. The number of rotatable bonds is 1. The largest absolute Gasteiger partial charge is 0.315 e. The van der Waals surface area contributed by atoms with Crippen molar-refractivity contribution in [3.63, 3.8) is 0 Å². The fourth-order valence-corrected chi connectivity index (χ4v) is 3.27. The summed E-state index contributed by atoms with van der Waals surface area (Å²) in [6.07, 6.45) is 0. The first-order valence-electron chi connectivity index (χ1n) is 5.82. The van der Waals surface area contributed by atoms with E-state index in [1.165, 1.54) is 0 Å². The first-order valence-corrected chi connectivity index (χ1v) is 6.20. The lowest BCUT2D eigenvalue weighted by molar-refractivity contribution is -1.06. The van der Waals surface area contributed by atoms with Crippen LogP contribution in [-0.2, 0) is 4.79 Å². The lowest BCUT2D eigenvalue weighted by Gasteiger charge is -2.31. The number of benzene rings is 1. The second kappa shape index (κ2) is 3.47. The van der Waals surface area contributed by atoms with Crippen LogP contribution in [0.3, 0.4) is 0 Å². The number of nitrogens with zero attached hydrogens (tertiary/aromatic N) is 1. The Balaban J connectivity index is 2.11. The van der Waals surface area contributed by atoms with Crippen molar-refractivity contribution in [3.05, 3.63) is 28.8 Å². The van der Waals surface area contributed by atoms with Gasteiger partial charge in [-0.05, 0) is 25.1 Å². The van der Waals surface area contributed by atoms with Crippen LogP contribution in [0.1, 0.15) is 18.4 Å². The average molecular weight is 253 g/mol. The molecule has 2 heterocycles. The van der Waals surface area contributed by atoms with Crippen molar-refractivity contribution in [1.82, 2.24) is 0 Å². The SMILES string of the molecule is CC(=O)C1C[N+]2(C)CC1c1cc(Cl)ccc1O2. The predicted octanol–water partition coefficient (Wildman–Crippen LogP) is 2.40. The van der Waals surface area contributed by atoms with Gasteiger partial charge in [-0.2, -0.15) is 0 Å². The average Bonchev–Trinajstić information content (AvgIpc) is 2.54. The molecular weight excluding hydrogens is 238 g/mol. The molecule has 3 nitrogen and oxygen atoms in total. The standard InChI is InChI=1S/C13H15ClNO2/c1-8(16)11-6-15(2)7-12(11)10-5-9(14)3-4-13(10)17-15/h3-5,11-12H,6-7H2,1-2H3/q+1. The summed E-state index contributed by atoms with van der Waals surface area (Å²) in [5, 5.41) is 0.706. The highest BCUT2D eigenvalue weighted by atomic mass is 35.5. The molecule has 0 saturated carbocycles. The highest BCUT2D eigenvalue weighted by Gasteiger charge is 2.52. The third-order valence-electron chi connectivity index (χ3n) is 3.86. The van der Waals surface area contributed by atoms with Crippen molar-refractivity contribution < 1.29 is 14.3 Å². The number of Topliss-reactive ketones (excluding diaryl/α,β-unsaturated/α-hetero) is 1. The molecule has 0 spiro atoms. The van der Waals surface area contributed by atoms with Crippen LogP contribution in [-0.4, -0.2) is 30.6 Å².